The highest BCUT2D eigenvalue weighted by Crippen LogP contribution is 2.48. The molecule has 0 spiro atoms. The highest BCUT2D eigenvalue weighted by atomic mass is 16.5. The molecule has 2 amide bonds. The molecule has 0 aliphatic carbocycles. The van der Waals surface area contributed by atoms with E-state index in [4.69, 9.17) is 9.47 Å². The number of rotatable bonds is 11. The molecule has 2 aromatic rings. The Morgan fingerprint density at radius 2 is 1.78 bits per heavy atom. The van der Waals surface area contributed by atoms with E-state index in [0.717, 1.165) is 42.7 Å². The lowest BCUT2D eigenvalue weighted by Gasteiger charge is -2.45. The lowest BCUT2D eigenvalue weighted by atomic mass is 9.75. The van der Waals surface area contributed by atoms with Gasteiger partial charge in [-0.1, -0.05) is 38.5 Å². The first kappa shape index (κ1) is 26.0. The van der Waals surface area contributed by atoms with Crippen LogP contribution >= 0.6 is 0 Å². The number of amides is 2. The van der Waals surface area contributed by atoms with Gasteiger partial charge in [-0.15, -0.1) is 0 Å². The second-order valence-electron chi connectivity index (χ2n) is 9.60. The molecule has 2 atom stereocenters. The molecule has 36 heavy (non-hydrogen) atoms. The van der Waals surface area contributed by atoms with Crippen molar-refractivity contribution in [3.63, 3.8) is 0 Å². The van der Waals surface area contributed by atoms with Gasteiger partial charge in [-0.3, -0.25) is 9.59 Å². The molecule has 7 nitrogen and oxygen atoms in total. The van der Waals surface area contributed by atoms with E-state index in [-0.39, 0.29) is 17.9 Å². The van der Waals surface area contributed by atoms with Crippen LogP contribution in [-0.2, 0) is 11.2 Å². The number of hydrogen-bond donors (Lipinski definition) is 1. The quantitative estimate of drug-likeness (QED) is 0.476. The van der Waals surface area contributed by atoms with Gasteiger partial charge >= 0.3 is 0 Å². The van der Waals surface area contributed by atoms with Crippen molar-refractivity contribution in [2.24, 2.45) is 0 Å². The van der Waals surface area contributed by atoms with Crippen molar-refractivity contribution >= 4 is 11.8 Å². The summed E-state index contributed by atoms with van der Waals surface area (Å²) in [5, 5.41) is 3.20. The standard InChI is InChI=1S/C29H39N3O4/c1-5-7-15-31(6-2)16-10-14-30-28(33)26-21-11-8-9-12-22(21)29(34)32-17-13-20-18-24(35-3)25(36-4)19-23(20)27(26)32/h8-9,11-12,18-19,26-27H,5-7,10,13-17H2,1-4H3,(H,30,33)/t26-,27+/m1/s1. The maximum absolute atomic E-state index is 13.8. The summed E-state index contributed by atoms with van der Waals surface area (Å²) >= 11 is 0. The van der Waals surface area contributed by atoms with Gasteiger partial charge in [0, 0.05) is 18.7 Å². The van der Waals surface area contributed by atoms with E-state index in [0.29, 0.717) is 36.6 Å². The van der Waals surface area contributed by atoms with Crippen LogP contribution in [0.4, 0.5) is 0 Å². The van der Waals surface area contributed by atoms with Gasteiger partial charge in [0.15, 0.2) is 11.5 Å². The molecule has 2 aliphatic heterocycles. The van der Waals surface area contributed by atoms with Gasteiger partial charge in [-0.05, 0) is 73.8 Å². The van der Waals surface area contributed by atoms with Crippen LogP contribution in [0.15, 0.2) is 36.4 Å². The zero-order valence-corrected chi connectivity index (χ0v) is 22.0. The summed E-state index contributed by atoms with van der Waals surface area (Å²) < 4.78 is 11.1. The summed E-state index contributed by atoms with van der Waals surface area (Å²) in [6.07, 6.45) is 3.98. The van der Waals surface area contributed by atoms with Crippen molar-refractivity contribution in [2.45, 2.75) is 51.5 Å². The predicted octanol–water partition coefficient (Wildman–Crippen LogP) is 4.17. The summed E-state index contributed by atoms with van der Waals surface area (Å²) in [5.41, 5.74) is 3.46. The third-order valence-electron chi connectivity index (χ3n) is 7.53. The van der Waals surface area contributed by atoms with E-state index in [1.54, 1.807) is 14.2 Å². The van der Waals surface area contributed by atoms with Gasteiger partial charge in [-0.25, -0.2) is 0 Å². The molecule has 2 aromatic carbocycles. The Balaban J connectivity index is 1.62. The molecular weight excluding hydrogens is 454 g/mol. The van der Waals surface area contributed by atoms with Crippen LogP contribution in [0.1, 0.15) is 72.1 Å². The summed E-state index contributed by atoms with van der Waals surface area (Å²) in [4.78, 5) is 31.6. The fourth-order valence-corrected chi connectivity index (χ4v) is 5.57. The fraction of sp³-hybridized carbons (Fsp3) is 0.517. The molecule has 2 aliphatic rings. The molecule has 0 radical (unpaired) electrons. The summed E-state index contributed by atoms with van der Waals surface area (Å²) in [6, 6.07) is 11.1. The largest absolute Gasteiger partial charge is 0.493 e. The SMILES string of the molecule is CCCCN(CC)CCCNC(=O)[C@@H]1c2ccccc2C(=O)N2CCc3cc(OC)c(OC)cc3[C@@H]12. The van der Waals surface area contributed by atoms with Crippen molar-refractivity contribution in [3.05, 3.63) is 58.7 Å². The molecule has 2 heterocycles. The van der Waals surface area contributed by atoms with Gasteiger partial charge in [0.05, 0.1) is 26.2 Å². The molecular formula is C29H39N3O4. The molecule has 0 saturated heterocycles. The maximum atomic E-state index is 13.8. The number of ether oxygens (including phenoxy) is 2. The molecule has 0 unspecified atom stereocenters. The summed E-state index contributed by atoms with van der Waals surface area (Å²) in [6.45, 7) is 8.64. The van der Waals surface area contributed by atoms with Gasteiger partial charge in [0.2, 0.25) is 5.91 Å². The lowest BCUT2D eigenvalue weighted by molar-refractivity contribution is -0.124. The first-order valence-electron chi connectivity index (χ1n) is 13.2. The van der Waals surface area contributed by atoms with E-state index >= 15 is 0 Å². The maximum Gasteiger partial charge on any atom is 0.254 e. The first-order valence-corrected chi connectivity index (χ1v) is 13.2. The van der Waals surface area contributed by atoms with E-state index in [9.17, 15) is 9.59 Å². The minimum absolute atomic E-state index is 0.0189. The number of unbranched alkanes of at least 4 members (excludes halogenated alkanes) is 1. The number of fused-ring (bicyclic) bond motifs is 4. The summed E-state index contributed by atoms with van der Waals surface area (Å²) in [7, 11) is 3.23. The highest BCUT2D eigenvalue weighted by Gasteiger charge is 2.46. The Morgan fingerprint density at radius 3 is 2.50 bits per heavy atom. The van der Waals surface area contributed by atoms with Gasteiger partial charge in [-0.2, -0.15) is 0 Å². The number of carbonyl (C=O) groups excluding carboxylic acids is 2. The zero-order valence-electron chi connectivity index (χ0n) is 22.0. The molecule has 7 heteroatoms. The van der Waals surface area contributed by atoms with Crippen LogP contribution in [-0.4, -0.2) is 68.6 Å². The lowest BCUT2D eigenvalue weighted by Crippen LogP contribution is -2.50. The van der Waals surface area contributed by atoms with Gasteiger partial charge < -0.3 is 24.6 Å². The van der Waals surface area contributed by atoms with Crippen LogP contribution in [0.3, 0.4) is 0 Å². The predicted molar refractivity (Wildman–Crippen MR) is 141 cm³/mol. The third-order valence-corrected chi connectivity index (χ3v) is 7.53. The van der Waals surface area contributed by atoms with Crippen LogP contribution in [0, 0.1) is 0 Å². The normalized spacial score (nSPS) is 18.4. The minimum atomic E-state index is -0.488. The number of nitrogens with one attached hydrogen (secondary N) is 1. The Hall–Kier alpha value is -3.06. The van der Waals surface area contributed by atoms with E-state index < -0.39 is 5.92 Å². The Kier molecular flexibility index (Phi) is 8.52. The average molecular weight is 494 g/mol. The number of methoxy groups -OCH3 is 2. The van der Waals surface area contributed by atoms with Crippen molar-refractivity contribution in [1.82, 2.24) is 15.1 Å². The van der Waals surface area contributed by atoms with E-state index in [1.165, 1.54) is 12.8 Å². The smallest absolute Gasteiger partial charge is 0.254 e. The average Bonchev–Trinajstić information content (AvgIpc) is 2.91. The number of benzene rings is 2. The first-order chi connectivity index (χ1) is 17.5. The number of nitrogens with zero attached hydrogens (tertiary/aromatic N) is 2. The number of carbonyl (C=O) groups is 2. The highest BCUT2D eigenvalue weighted by molar-refractivity contribution is 6.01. The zero-order chi connectivity index (χ0) is 25.7. The Bertz CT molecular complexity index is 1090. The van der Waals surface area contributed by atoms with Gasteiger partial charge in [0.25, 0.3) is 5.91 Å². The molecule has 0 bridgehead atoms. The molecule has 194 valence electrons. The molecule has 0 fully saturated rings. The second-order valence-corrected chi connectivity index (χ2v) is 9.60. The topological polar surface area (TPSA) is 71.1 Å². The fourth-order valence-electron chi connectivity index (χ4n) is 5.57. The summed E-state index contributed by atoms with van der Waals surface area (Å²) in [5.74, 6) is 0.726. The van der Waals surface area contributed by atoms with Crippen molar-refractivity contribution in [2.75, 3.05) is 46.9 Å². The monoisotopic (exact) mass is 493 g/mol. The van der Waals surface area contributed by atoms with Crippen LogP contribution in [0.25, 0.3) is 0 Å². The van der Waals surface area contributed by atoms with Crippen molar-refractivity contribution in [3.8, 4) is 11.5 Å². The molecule has 4 rings (SSSR count). The third kappa shape index (κ3) is 5.07. The molecule has 1 N–H and O–H groups in total. The molecule has 0 aromatic heterocycles. The minimum Gasteiger partial charge on any atom is -0.493 e. The Labute approximate surface area is 214 Å². The molecule has 0 saturated carbocycles. The van der Waals surface area contributed by atoms with E-state index in [2.05, 4.69) is 24.1 Å². The van der Waals surface area contributed by atoms with Crippen molar-refractivity contribution in [1.29, 1.82) is 0 Å². The number of hydrogen-bond acceptors (Lipinski definition) is 5. The second kappa shape index (κ2) is 11.8. The van der Waals surface area contributed by atoms with Crippen LogP contribution in [0.5, 0.6) is 11.5 Å². The van der Waals surface area contributed by atoms with Gasteiger partial charge in [0.1, 0.15) is 0 Å². The van der Waals surface area contributed by atoms with Crippen LogP contribution in [0.2, 0.25) is 0 Å². The van der Waals surface area contributed by atoms with Crippen LogP contribution < -0.4 is 14.8 Å². The van der Waals surface area contributed by atoms with Crippen molar-refractivity contribution < 1.29 is 19.1 Å². The Morgan fingerprint density at radius 1 is 1.06 bits per heavy atom. The van der Waals surface area contributed by atoms with E-state index in [1.807, 2.05) is 41.3 Å².